The summed E-state index contributed by atoms with van der Waals surface area (Å²) in [4.78, 5) is 12.5. The quantitative estimate of drug-likeness (QED) is 0.785. The summed E-state index contributed by atoms with van der Waals surface area (Å²) >= 11 is 0. The normalized spacial score (nSPS) is 11.7. The number of furan rings is 1. The number of aryl methyl sites for hydroxylation is 1. The molecule has 0 saturated carbocycles. The van der Waals surface area contributed by atoms with E-state index in [1.807, 2.05) is 25.1 Å². The number of hydrogen-bond acceptors (Lipinski definition) is 5. The zero-order chi connectivity index (χ0) is 18.6. The van der Waals surface area contributed by atoms with Crippen molar-refractivity contribution in [2.24, 2.45) is 0 Å². The van der Waals surface area contributed by atoms with Gasteiger partial charge in [-0.3, -0.25) is 4.79 Å². The third-order valence-electron chi connectivity index (χ3n) is 3.64. The Labute approximate surface area is 148 Å². The number of carbonyl (C=O) groups is 1. The Balaban J connectivity index is 2.21. The summed E-state index contributed by atoms with van der Waals surface area (Å²) in [5.74, 6) is -0.163. The van der Waals surface area contributed by atoms with Crippen molar-refractivity contribution in [2.45, 2.75) is 25.5 Å². The van der Waals surface area contributed by atoms with Gasteiger partial charge in [-0.2, -0.15) is 0 Å². The number of carbonyl (C=O) groups excluding carboxylic acids is 1. The first-order chi connectivity index (χ1) is 11.8. The summed E-state index contributed by atoms with van der Waals surface area (Å²) in [7, 11) is -0.912. The summed E-state index contributed by atoms with van der Waals surface area (Å²) < 4.78 is 30.5. The van der Waals surface area contributed by atoms with Crippen LogP contribution in [0.3, 0.4) is 0 Å². The van der Waals surface area contributed by atoms with Gasteiger partial charge in [0.25, 0.3) is 15.9 Å². The van der Waals surface area contributed by atoms with Gasteiger partial charge in [0.2, 0.25) is 5.09 Å². The fraction of sp³-hybridized carbons (Fsp3) is 0.353. The lowest BCUT2D eigenvalue weighted by Crippen LogP contribution is -2.21. The first-order valence-corrected chi connectivity index (χ1v) is 9.33. The van der Waals surface area contributed by atoms with Gasteiger partial charge in [-0.25, -0.2) is 12.7 Å². The molecule has 1 amide bonds. The second kappa shape index (κ2) is 7.81. The Kier molecular flexibility index (Phi) is 5.99. The molecule has 0 spiro atoms. The molecule has 0 saturated heterocycles. The lowest BCUT2D eigenvalue weighted by Gasteiger charge is -2.07. The van der Waals surface area contributed by atoms with Gasteiger partial charge < -0.3 is 15.1 Å². The van der Waals surface area contributed by atoms with Crippen LogP contribution in [0.4, 0.5) is 5.69 Å². The maximum Gasteiger partial charge on any atom is 0.275 e. The molecule has 136 valence electrons. The van der Waals surface area contributed by atoms with E-state index in [4.69, 9.17) is 4.42 Å². The van der Waals surface area contributed by atoms with Gasteiger partial charge >= 0.3 is 0 Å². The molecule has 8 heteroatoms. The van der Waals surface area contributed by atoms with Crippen LogP contribution in [0.1, 0.15) is 28.6 Å². The maximum atomic E-state index is 12.5. The largest absolute Gasteiger partial charge is 0.448 e. The number of benzene rings is 1. The maximum absolute atomic E-state index is 12.5. The molecule has 1 heterocycles. The van der Waals surface area contributed by atoms with Crippen LogP contribution in [0.15, 0.2) is 39.8 Å². The highest BCUT2D eigenvalue weighted by atomic mass is 32.2. The second-order valence-corrected chi connectivity index (χ2v) is 7.84. The van der Waals surface area contributed by atoms with Crippen molar-refractivity contribution in [1.82, 2.24) is 9.62 Å². The van der Waals surface area contributed by atoms with Crippen LogP contribution in [-0.4, -0.2) is 39.3 Å². The number of nitrogens with one attached hydrogen (secondary N) is 2. The summed E-state index contributed by atoms with van der Waals surface area (Å²) in [5.41, 5.74) is 1.87. The average Bonchev–Trinajstić information content (AvgIpc) is 2.96. The molecule has 2 N–H and O–H groups in total. The summed E-state index contributed by atoms with van der Waals surface area (Å²) in [6.45, 7) is 5.14. The van der Waals surface area contributed by atoms with E-state index in [2.05, 4.69) is 10.6 Å². The molecular weight excluding hydrogens is 342 g/mol. The predicted molar refractivity (Wildman–Crippen MR) is 96.1 cm³/mol. The van der Waals surface area contributed by atoms with Gasteiger partial charge in [0.15, 0.2) is 0 Å². The van der Waals surface area contributed by atoms with Gasteiger partial charge in [0.05, 0.1) is 5.56 Å². The smallest absolute Gasteiger partial charge is 0.275 e. The van der Waals surface area contributed by atoms with Crippen LogP contribution in [0.2, 0.25) is 0 Å². The molecule has 0 fully saturated rings. The number of amides is 1. The molecule has 7 nitrogen and oxygen atoms in total. The first kappa shape index (κ1) is 19.2. The molecule has 0 aliphatic heterocycles. The fourth-order valence-electron chi connectivity index (χ4n) is 2.21. The van der Waals surface area contributed by atoms with Gasteiger partial charge in [-0.05, 0) is 31.2 Å². The summed E-state index contributed by atoms with van der Waals surface area (Å²) in [6.07, 6.45) is 0. The highest BCUT2D eigenvalue weighted by Crippen LogP contribution is 2.22. The molecule has 0 aliphatic carbocycles. The van der Waals surface area contributed by atoms with Crippen molar-refractivity contribution in [3.05, 3.63) is 47.2 Å². The number of sulfonamides is 1. The standard InChI is InChI=1S/C17H23N3O4S/c1-5-18-11-13-7-6-8-14(9-13)19-17(21)15-10-16(24-12(15)2)25(22,23)20(3)4/h6-10,18H,5,11H2,1-4H3,(H,19,21). The lowest BCUT2D eigenvalue weighted by atomic mass is 10.2. The van der Waals surface area contributed by atoms with Crippen LogP contribution in [-0.2, 0) is 16.6 Å². The third-order valence-corrected chi connectivity index (χ3v) is 5.31. The van der Waals surface area contributed by atoms with Crippen LogP contribution < -0.4 is 10.6 Å². The molecule has 2 rings (SSSR count). The van der Waals surface area contributed by atoms with Crippen LogP contribution >= 0.6 is 0 Å². The van der Waals surface area contributed by atoms with E-state index >= 15 is 0 Å². The third kappa shape index (κ3) is 4.47. The summed E-state index contributed by atoms with van der Waals surface area (Å²) in [6, 6.07) is 8.71. The molecule has 0 aliphatic rings. The molecule has 0 radical (unpaired) electrons. The Morgan fingerprint density at radius 3 is 2.60 bits per heavy atom. The van der Waals surface area contributed by atoms with Gasteiger partial charge in [0, 0.05) is 32.4 Å². The molecule has 1 aromatic heterocycles. The minimum absolute atomic E-state index is 0.192. The van der Waals surface area contributed by atoms with Crippen LogP contribution in [0.5, 0.6) is 0 Å². The Morgan fingerprint density at radius 1 is 1.24 bits per heavy atom. The van der Waals surface area contributed by atoms with Crippen LogP contribution in [0.25, 0.3) is 0 Å². The van der Waals surface area contributed by atoms with Crippen molar-refractivity contribution in [3.63, 3.8) is 0 Å². The number of hydrogen-bond donors (Lipinski definition) is 2. The minimum atomic E-state index is -3.72. The Morgan fingerprint density at radius 2 is 1.96 bits per heavy atom. The molecule has 1 aromatic carbocycles. The Bertz CT molecular complexity index is 857. The van der Waals surface area contributed by atoms with Crippen molar-refractivity contribution in [3.8, 4) is 0 Å². The van der Waals surface area contributed by atoms with Crippen molar-refractivity contribution in [2.75, 3.05) is 26.0 Å². The number of anilines is 1. The molecule has 0 atom stereocenters. The van der Waals surface area contributed by atoms with E-state index in [0.29, 0.717) is 12.2 Å². The lowest BCUT2D eigenvalue weighted by molar-refractivity contribution is 0.102. The highest BCUT2D eigenvalue weighted by Gasteiger charge is 2.25. The topological polar surface area (TPSA) is 91.6 Å². The Hall–Kier alpha value is -2.16. The van der Waals surface area contributed by atoms with E-state index in [0.717, 1.165) is 16.4 Å². The minimum Gasteiger partial charge on any atom is -0.448 e. The zero-order valence-corrected chi connectivity index (χ0v) is 15.6. The van der Waals surface area contributed by atoms with Gasteiger partial charge in [-0.1, -0.05) is 19.1 Å². The fourth-order valence-corrected chi connectivity index (χ4v) is 3.07. The molecular formula is C17H23N3O4S. The van der Waals surface area contributed by atoms with Gasteiger partial charge in [0.1, 0.15) is 5.76 Å². The highest BCUT2D eigenvalue weighted by molar-refractivity contribution is 7.88. The number of nitrogens with zero attached hydrogens (tertiary/aromatic N) is 1. The van der Waals surface area contributed by atoms with Crippen LogP contribution in [0, 0.1) is 6.92 Å². The van der Waals surface area contributed by atoms with E-state index in [-0.39, 0.29) is 16.4 Å². The zero-order valence-electron chi connectivity index (χ0n) is 14.8. The van der Waals surface area contributed by atoms with Crippen molar-refractivity contribution >= 4 is 21.6 Å². The SMILES string of the molecule is CCNCc1cccc(NC(=O)c2cc(S(=O)(=O)N(C)C)oc2C)c1. The van der Waals surface area contributed by atoms with E-state index in [1.54, 1.807) is 13.0 Å². The molecule has 0 unspecified atom stereocenters. The van der Waals surface area contributed by atoms with E-state index < -0.39 is 15.9 Å². The first-order valence-electron chi connectivity index (χ1n) is 7.89. The van der Waals surface area contributed by atoms with E-state index in [9.17, 15) is 13.2 Å². The molecule has 25 heavy (non-hydrogen) atoms. The molecule has 0 bridgehead atoms. The van der Waals surface area contributed by atoms with Crippen molar-refractivity contribution in [1.29, 1.82) is 0 Å². The summed E-state index contributed by atoms with van der Waals surface area (Å²) in [5, 5.41) is 5.74. The monoisotopic (exact) mass is 365 g/mol. The van der Waals surface area contributed by atoms with Crippen molar-refractivity contribution < 1.29 is 17.6 Å². The number of rotatable bonds is 7. The average molecular weight is 365 g/mol. The van der Waals surface area contributed by atoms with Gasteiger partial charge in [-0.15, -0.1) is 0 Å². The predicted octanol–water partition coefficient (Wildman–Crippen LogP) is 2.20. The van der Waals surface area contributed by atoms with E-state index in [1.165, 1.54) is 20.2 Å². The molecule has 2 aromatic rings. The second-order valence-electron chi connectivity index (χ2n) is 5.76.